The molecule has 2 N–H and O–H groups in total. The summed E-state index contributed by atoms with van der Waals surface area (Å²) in [5, 5.41) is 0. The second-order valence-electron chi connectivity index (χ2n) is 5.36. The van der Waals surface area contributed by atoms with E-state index in [4.69, 9.17) is 5.73 Å². The number of nitrogens with zero attached hydrogens (tertiary/aromatic N) is 1. The second-order valence-corrected chi connectivity index (χ2v) is 5.36. The van der Waals surface area contributed by atoms with E-state index in [9.17, 15) is 4.79 Å². The summed E-state index contributed by atoms with van der Waals surface area (Å²) in [5.41, 5.74) is 7.51. The van der Waals surface area contributed by atoms with E-state index in [2.05, 4.69) is 20.8 Å². The van der Waals surface area contributed by atoms with E-state index >= 15 is 0 Å². The summed E-state index contributed by atoms with van der Waals surface area (Å²) >= 11 is 0. The van der Waals surface area contributed by atoms with Crippen molar-refractivity contribution < 1.29 is 4.79 Å². The van der Waals surface area contributed by atoms with Crippen molar-refractivity contribution in [3.8, 4) is 0 Å². The average molecular weight is 248 g/mol. The van der Waals surface area contributed by atoms with Crippen LogP contribution in [0.4, 0.5) is 5.69 Å². The van der Waals surface area contributed by atoms with Gasteiger partial charge >= 0.3 is 0 Å². The normalized spacial score (nSPS) is 11.3. The predicted molar refractivity (Wildman–Crippen MR) is 76.3 cm³/mol. The van der Waals surface area contributed by atoms with E-state index in [1.54, 1.807) is 0 Å². The maximum Gasteiger partial charge on any atom is 0.223 e. The molecule has 0 unspecified atom stereocenters. The van der Waals surface area contributed by atoms with E-state index in [0.717, 1.165) is 24.1 Å². The van der Waals surface area contributed by atoms with E-state index in [1.165, 1.54) is 0 Å². The Balaban J connectivity index is 2.56. The predicted octanol–water partition coefficient (Wildman–Crippen LogP) is 2.85. The van der Waals surface area contributed by atoms with Crippen molar-refractivity contribution in [1.29, 1.82) is 0 Å². The lowest BCUT2D eigenvalue weighted by Crippen LogP contribution is -2.44. The highest BCUT2D eigenvalue weighted by atomic mass is 16.2. The summed E-state index contributed by atoms with van der Waals surface area (Å²) in [7, 11) is 1.88. The van der Waals surface area contributed by atoms with Crippen LogP contribution in [-0.4, -0.2) is 23.4 Å². The lowest BCUT2D eigenvalue weighted by molar-refractivity contribution is -0.134. The van der Waals surface area contributed by atoms with Gasteiger partial charge < -0.3 is 10.6 Å². The summed E-state index contributed by atoms with van der Waals surface area (Å²) in [5.74, 6) is 0.185. The quantitative estimate of drug-likeness (QED) is 0.814. The van der Waals surface area contributed by atoms with Crippen LogP contribution < -0.4 is 5.73 Å². The Morgan fingerprint density at radius 2 is 2.06 bits per heavy atom. The molecule has 1 aromatic rings. The summed E-state index contributed by atoms with van der Waals surface area (Å²) in [6, 6.07) is 7.72. The molecule has 1 amide bonds. The third-order valence-corrected chi connectivity index (χ3v) is 3.73. The zero-order valence-electron chi connectivity index (χ0n) is 11.9. The van der Waals surface area contributed by atoms with Crippen molar-refractivity contribution in [3.05, 3.63) is 29.8 Å². The first-order chi connectivity index (χ1) is 8.36. The number of carbonyl (C=O) groups excluding carboxylic acids is 1. The van der Waals surface area contributed by atoms with Gasteiger partial charge in [-0.2, -0.15) is 0 Å². The van der Waals surface area contributed by atoms with Crippen LogP contribution in [0, 0.1) is 0 Å². The highest BCUT2D eigenvalue weighted by molar-refractivity contribution is 5.77. The van der Waals surface area contributed by atoms with E-state index in [0.29, 0.717) is 6.42 Å². The van der Waals surface area contributed by atoms with Crippen LogP contribution in [0.15, 0.2) is 24.3 Å². The smallest absolute Gasteiger partial charge is 0.223 e. The Morgan fingerprint density at radius 1 is 1.39 bits per heavy atom. The van der Waals surface area contributed by atoms with Crippen molar-refractivity contribution in [2.75, 3.05) is 12.8 Å². The molecule has 0 atom stereocenters. The maximum atomic E-state index is 12.1. The topological polar surface area (TPSA) is 46.3 Å². The van der Waals surface area contributed by atoms with Gasteiger partial charge in [0.2, 0.25) is 5.91 Å². The summed E-state index contributed by atoms with van der Waals surface area (Å²) < 4.78 is 0. The number of aryl methyl sites for hydroxylation is 1. The van der Waals surface area contributed by atoms with Crippen LogP contribution in [0.25, 0.3) is 0 Å². The molecule has 0 spiro atoms. The van der Waals surface area contributed by atoms with Gasteiger partial charge in [0.15, 0.2) is 0 Å². The molecule has 0 radical (unpaired) electrons. The summed E-state index contributed by atoms with van der Waals surface area (Å²) in [6.07, 6.45) is 2.23. The fraction of sp³-hybridized carbons (Fsp3) is 0.533. The Bertz CT molecular complexity index is 413. The van der Waals surface area contributed by atoms with E-state index < -0.39 is 0 Å². The molecule has 0 fully saturated rings. The van der Waals surface area contributed by atoms with Crippen LogP contribution >= 0.6 is 0 Å². The molecule has 0 bridgehead atoms. The molecule has 1 rings (SSSR count). The fourth-order valence-corrected chi connectivity index (χ4v) is 1.74. The maximum absolute atomic E-state index is 12.1. The number of rotatable bonds is 5. The molecule has 0 aliphatic rings. The third kappa shape index (κ3) is 3.76. The molecule has 100 valence electrons. The Kier molecular flexibility index (Phi) is 4.76. The van der Waals surface area contributed by atoms with Crippen molar-refractivity contribution >= 4 is 11.6 Å². The Morgan fingerprint density at radius 3 is 2.61 bits per heavy atom. The van der Waals surface area contributed by atoms with Gasteiger partial charge in [0.1, 0.15) is 0 Å². The number of hydrogen-bond donors (Lipinski definition) is 1. The van der Waals surface area contributed by atoms with Crippen LogP contribution in [0.5, 0.6) is 0 Å². The highest BCUT2D eigenvalue weighted by Crippen LogP contribution is 2.18. The summed E-state index contributed by atoms with van der Waals surface area (Å²) in [4.78, 5) is 13.9. The number of amides is 1. The third-order valence-electron chi connectivity index (χ3n) is 3.73. The standard InChI is InChI=1S/C15H24N2O/c1-5-15(2,3)17(4)14(18)10-9-12-7-6-8-13(16)11-12/h6-8,11H,5,9-10,16H2,1-4H3. The zero-order valence-corrected chi connectivity index (χ0v) is 11.9. The molecule has 0 heterocycles. The van der Waals surface area contributed by atoms with Gasteiger partial charge in [0, 0.05) is 24.7 Å². The van der Waals surface area contributed by atoms with Crippen molar-refractivity contribution in [1.82, 2.24) is 4.90 Å². The first-order valence-electron chi connectivity index (χ1n) is 6.48. The number of carbonyl (C=O) groups is 1. The molecular formula is C15H24N2O. The summed E-state index contributed by atoms with van der Waals surface area (Å²) in [6.45, 7) is 6.28. The van der Waals surface area contributed by atoms with Gasteiger partial charge in [0.25, 0.3) is 0 Å². The van der Waals surface area contributed by atoms with Crippen LogP contribution in [0.1, 0.15) is 39.2 Å². The molecule has 0 saturated heterocycles. The minimum absolute atomic E-state index is 0.0766. The lowest BCUT2D eigenvalue weighted by Gasteiger charge is -2.35. The SMILES string of the molecule is CCC(C)(C)N(C)C(=O)CCc1cccc(N)c1. The number of anilines is 1. The van der Waals surface area contributed by atoms with Crippen molar-refractivity contribution in [2.45, 2.75) is 45.6 Å². The average Bonchev–Trinajstić information content (AvgIpc) is 2.35. The molecule has 0 aliphatic heterocycles. The monoisotopic (exact) mass is 248 g/mol. The largest absolute Gasteiger partial charge is 0.399 e. The Hall–Kier alpha value is -1.51. The van der Waals surface area contributed by atoms with Crippen molar-refractivity contribution in [2.24, 2.45) is 0 Å². The van der Waals surface area contributed by atoms with Crippen LogP contribution in [0.2, 0.25) is 0 Å². The van der Waals surface area contributed by atoms with Crippen LogP contribution in [0.3, 0.4) is 0 Å². The van der Waals surface area contributed by atoms with Crippen LogP contribution in [-0.2, 0) is 11.2 Å². The van der Waals surface area contributed by atoms with Gasteiger partial charge in [-0.3, -0.25) is 4.79 Å². The van der Waals surface area contributed by atoms with E-state index in [1.807, 2.05) is 36.2 Å². The fourth-order valence-electron chi connectivity index (χ4n) is 1.74. The zero-order chi connectivity index (χ0) is 13.8. The minimum atomic E-state index is -0.0766. The molecule has 0 aromatic heterocycles. The molecular weight excluding hydrogens is 224 g/mol. The van der Waals surface area contributed by atoms with Gasteiger partial charge in [-0.25, -0.2) is 0 Å². The molecule has 3 heteroatoms. The molecule has 0 aliphatic carbocycles. The first-order valence-corrected chi connectivity index (χ1v) is 6.48. The number of nitrogen functional groups attached to an aromatic ring is 1. The number of nitrogens with two attached hydrogens (primary N) is 1. The molecule has 3 nitrogen and oxygen atoms in total. The lowest BCUT2D eigenvalue weighted by atomic mass is 9.99. The second kappa shape index (κ2) is 5.89. The van der Waals surface area contributed by atoms with Gasteiger partial charge in [-0.15, -0.1) is 0 Å². The van der Waals surface area contributed by atoms with Gasteiger partial charge in [0.05, 0.1) is 0 Å². The van der Waals surface area contributed by atoms with E-state index in [-0.39, 0.29) is 11.4 Å². The van der Waals surface area contributed by atoms with Crippen molar-refractivity contribution in [3.63, 3.8) is 0 Å². The number of benzene rings is 1. The molecule has 18 heavy (non-hydrogen) atoms. The number of hydrogen-bond acceptors (Lipinski definition) is 2. The minimum Gasteiger partial charge on any atom is -0.399 e. The molecule has 1 aromatic carbocycles. The van der Waals surface area contributed by atoms with Gasteiger partial charge in [-0.05, 0) is 44.4 Å². The van der Waals surface area contributed by atoms with Gasteiger partial charge in [-0.1, -0.05) is 19.1 Å². The first kappa shape index (κ1) is 14.6. The Labute approximate surface area is 110 Å². The molecule has 0 saturated carbocycles. The highest BCUT2D eigenvalue weighted by Gasteiger charge is 2.24.